The molecule has 2 nitrogen and oxygen atoms in total. The second-order valence-corrected chi connectivity index (χ2v) is 3.37. The maximum atomic E-state index is 13.3. The van der Waals surface area contributed by atoms with Crippen molar-refractivity contribution in [3.63, 3.8) is 0 Å². The quantitative estimate of drug-likeness (QED) is 0.744. The van der Waals surface area contributed by atoms with Gasteiger partial charge in [0.15, 0.2) is 5.82 Å². The van der Waals surface area contributed by atoms with Crippen LogP contribution in [-0.4, -0.2) is 18.3 Å². The molecule has 0 aliphatic carbocycles. The van der Waals surface area contributed by atoms with Crippen LogP contribution in [0.5, 0.6) is 0 Å². The number of hydrogen-bond acceptors (Lipinski definition) is 2. The highest BCUT2D eigenvalue weighted by molar-refractivity contribution is 6.31. The van der Waals surface area contributed by atoms with E-state index in [0.717, 1.165) is 12.8 Å². The number of halogens is 2. The van der Waals surface area contributed by atoms with E-state index in [4.69, 9.17) is 16.7 Å². The lowest BCUT2D eigenvalue weighted by atomic mass is 10.2. The lowest BCUT2D eigenvalue weighted by Gasteiger charge is -2.07. The number of aliphatic hydroxyl groups excluding tert-OH is 1. The van der Waals surface area contributed by atoms with Gasteiger partial charge in [0.05, 0.1) is 10.7 Å². The molecule has 0 radical (unpaired) electrons. The van der Waals surface area contributed by atoms with Crippen molar-refractivity contribution in [3.05, 3.63) is 29.0 Å². The molecule has 0 saturated carbocycles. The van der Waals surface area contributed by atoms with E-state index < -0.39 is 5.82 Å². The summed E-state index contributed by atoms with van der Waals surface area (Å²) >= 11 is 5.60. The summed E-state index contributed by atoms with van der Waals surface area (Å²) in [5.41, 5.74) is 0.412. The van der Waals surface area contributed by atoms with Gasteiger partial charge in [-0.25, -0.2) is 4.39 Å². The third-order valence-electron chi connectivity index (χ3n) is 1.85. The Balaban J connectivity index is 2.46. The van der Waals surface area contributed by atoms with Gasteiger partial charge in [-0.1, -0.05) is 17.7 Å². The molecule has 0 aromatic heterocycles. The van der Waals surface area contributed by atoms with Crippen LogP contribution in [0.4, 0.5) is 10.1 Å². The summed E-state index contributed by atoms with van der Waals surface area (Å²) in [7, 11) is 0. The highest BCUT2D eigenvalue weighted by Gasteiger charge is 2.04. The molecule has 1 aromatic rings. The first-order valence-corrected chi connectivity index (χ1v) is 4.92. The fourth-order valence-electron chi connectivity index (χ4n) is 1.10. The standard InChI is InChI=1S/C10H13ClFNO/c11-8-4-3-5-9(10(8)12)13-6-1-2-7-14/h3-5,13-14H,1-2,6-7H2. The molecule has 78 valence electrons. The van der Waals surface area contributed by atoms with Crippen molar-refractivity contribution >= 4 is 17.3 Å². The smallest absolute Gasteiger partial charge is 0.164 e. The molecular weight excluding hydrogens is 205 g/mol. The van der Waals surface area contributed by atoms with E-state index >= 15 is 0 Å². The highest BCUT2D eigenvalue weighted by Crippen LogP contribution is 2.21. The Bertz CT molecular complexity index is 293. The molecule has 0 heterocycles. The molecular formula is C10H13ClFNO. The molecule has 0 unspecified atom stereocenters. The van der Waals surface area contributed by atoms with Crippen LogP contribution < -0.4 is 5.32 Å². The minimum absolute atomic E-state index is 0.122. The van der Waals surface area contributed by atoms with E-state index in [1.165, 1.54) is 6.07 Å². The molecule has 0 saturated heterocycles. The summed E-state index contributed by atoms with van der Waals surface area (Å²) in [5.74, 6) is -0.418. The van der Waals surface area contributed by atoms with Gasteiger partial charge in [0.1, 0.15) is 0 Å². The Morgan fingerprint density at radius 2 is 2.14 bits per heavy atom. The molecule has 1 rings (SSSR count). The van der Waals surface area contributed by atoms with Gasteiger partial charge < -0.3 is 10.4 Å². The maximum Gasteiger partial charge on any atom is 0.164 e. The number of nitrogens with one attached hydrogen (secondary N) is 1. The normalized spacial score (nSPS) is 10.2. The fraction of sp³-hybridized carbons (Fsp3) is 0.400. The molecule has 0 spiro atoms. The summed E-state index contributed by atoms with van der Waals surface area (Å²) in [5, 5.41) is 11.6. The van der Waals surface area contributed by atoms with Crippen LogP contribution in [0.15, 0.2) is 18.2 Å². The lowest BCUT2D eigenvalue weighted by Crippen LogP contribution is -2.04. The zero-order valence-corrected chi connectivity index (χ0v) is 8.52. The van der Waals surface area contributed by atoms with Crippen LogP contribution in [-0.2, 0) is 0 Å². The summed E-state index contributed by atoms with van der Waals surface area (Å²) in [6.45, 7) is 0.803. The number of unbranched alkanes of at least 4 members (excludes halogenated alkanes) is 1. The van der Waals surface area contributed by atoms with Crippen molar-refractivity contribution in [1.29, 1.82) is 0 Å². The van der Waals surface area contributed by atoms with E-state index in [2.05, 4.69) is 5.32 Å². The largest absolute Gasteiger partial charge is 0.396 e. The third-order valence-corrected chi connectivity index (χ3v) is 2.14. The predicted octanol–water partition coefficient (Wildman–Crippen LogP) is 2.66. The van der Waals surface area contributed by atoms with Gasteiger partial charge >= 0.3 is 0 Å². The van der Waals surface area contributed by atoms with Gasteiger partial charge in [-0.2, -0.15) is 0 Å². The SMILES string of the molecule is OCCCCNc1cccc(Cl)c1F. The first-order chi connectivity index (χ1) is 6.75. The summed E-state index contributed by atoms with van der Waals surface area (Å²) < 4.78 is 13.3. The molecule has 4 heteroatoms. The highest BCUT2D eigenvalue weighted by atomic mass is 35.5. The molecule has 2 N–H and O–H groups in total. The average Bonchev–Trinajstić information content (AvgIpc) is 2.19. The van der Waals surface area contributed by atoms with Gasteiger partial charge in [0.2, 0.25) is 0 Å². The van der Waals surface area contributed by atoms with Gasteiger partial charge in [0, 0.05) is 13.2 Å². The van der Waals surface area contributed by atoms with Gasteiger partial charge in [-0.3, -0.25) is 0 Å². The molecule has 0 fully saturated rings. The van der Waals surface area contributed by atoms with Crippen molar-refractivity contribution in [2.24, 2.45) is 0 Å². The molecule has 14 heavy (non-hydrogen) atoms. The van der Waals surface area contributed by atoms with Crippen molar-refractivity contribution in [3.8, 4) is 0 Å². The fourth-order valence-corrected chi connectivity index (χ4v) is 1.27. The van der Waals surface area contributed by atoms with Crippen LogP contribution in [0.25, 0.3) is 0 Å². The average molecular weight is 218 g/mol. The van der Waals surface area contributed by atoms with Crippen molar-refractivity contribution < 1.29 is 9.50 Å². The van der Waals surface area contributed by atoms with Crippen LogP contribution in [0.2, 0.25) is 5.02 Å². The predicted molar refractivity (Wildman–Crippen MR) is 56.2 cm³/mol. The van der Waals surface area contributed by atoms with Crippen LogP contribution in [0.3, 0.4) is 0 Å². The number of benzene rings is 1. The number of rotatable bonds is 5. The topological polar surface area (TPSA) is 32.3 Å². The minimum atomic E-state index is -0.418. The van der Waals surface area contributed by atoms with E-state index in [-0.39, 0.29) is 11.6 Å². The molecule has 0 atom stereocenters. The molecule has 0 amide bonds. The summed E-state index contributed by atoms with van der Waals surface area (Å²) in [4.78, 5) is 0. The third kappa shape index (κ3) is 3.16. The lowest BCUT2D eigenvalue weighted by molar-refractivity contribution is 0.286. The Hall–Kier alpha value is -0.800. The van der Waals surface area contributed by atoms with Crippen LogP contribution >= 0.6 is 11.6 Å². The Morgan fingerprint density at radius 3 is 2.86 bits per heavy atom. The van der Waals surface area contributed by atoms with Crippen LogP contribution in [0, 0.1) is 5.82 Å². The van der Waals surface area contributed by atoms with Crippen LogP contribution in [0.1, 0.15) is 12.8 Å². The zero-order valence-electron chi connectivity index (χ0n) is 7.76. The molecule has 0 aliphatic heterocycles. The van der Waals surface area contributed by atoms with E-state index in [1.54, 1.807) is 12.1 Å². The second-order valence-electron chi connectivity index (χ2n) is 2.96. The van der Waals surface area contributed by atoms with Crippen molar-refractivity contribution in [2.75, 3.05) is 18.5 Å². The van der Waals surface area contributed by atoms with E-state index in [0.29, 0.717) is 12.2 Å². The minimum Gasteiger partial charge on any atom is -0.396 e. The van der Waals surface area contributed by atoms with Crippen molar-refractivity contribution in [2.45, 2.75) is 12.8 Å². The first-order valence-electron chi connectivity index (χ1n) is 4.54. The Labute approximate surface area is 87.7 Å². The molecule has 0 bridgehead atoms. The second kappa shape index (κ2) is 5.83. The number of anilines is 1. The number of aliphatic hydroxyl groups is 1. The Kier molecular flexibility index (Phi) is 4.70. The summed E-state index contributed by atoms with van der Waals surface area (Å²) in [6, 6.07) is 4.84. The Morgan fingerprint density at radius 1 is 1.36 bits per heavy atom. The molecule has 0 aliphatic rings. The van der Waals surface area contributed by atoms with E-state index in [9.17, 15) is 4.39 Å². The molecule has 1 aromatic carbocycles. The van der Waals surface area contributed by atoms with Gasteiger partial charge in [-0.15, -0.1) is 0 Å². The van der Waals surface area contributed by atoms with Crippen molar-refractivity contribution in [1.82, 2.24) is 0 Å². The maximum absolute atomic E-state index is 13.3. The monoisotopic (exact) mass is 217 g/mol. The van der Waals surface area contributed by atoms with Gasteiger partial charge in [-0.05, 0) is 25.0 Å². The summed E-state index contributed by atoms with van der Waals surface area (Å²) in [6.07, 6.45) is 1.53. The van der Waals surface area contributed by atoms with E-state index in [1.807, 2.05) is 0 Å². The number of hydrogen-bond donors (Lipinski definition) is 2. The zero-order chi connectivity index (χ0) is 10.4. The first kappa shape index (κ1) is 11.3. The van der Waals surface area contributed by atoms with Gasteiger partial charge in [0.25, 0.3) is 0 Å².